The molecule has 4 heteroatoms. The minimum absolute atomic E-state index is 0.416. The van der Waals surface area contributed by atoms with Gasteiger partial charge in [0, 0.05) is 24.5 Å². The standard InChI is InChI=1S/C11H15N3O/c12-10-4-3-8(7-9(10)11(13)15)14-5-1-2-6-14/h3-4,7H,1-2,5-6,12H2,(H2,13,15). The highest BCUT2D eigenvalue weighted by atomic mass is 16.1. The van der Waals surface area contributed by atoms with Crippen molar-refractivity contribution < 1.29 is 4.79 Å². The van der Waals surface area contributed by atoms with Crippen LogP contribution in [0, 0.1) is 0 Å². The van der Waals surface area contributed by atoms with Gasteiger partial charge in [0.05, 0.1) is 5.56 Å². The monoisotopic (exact) mass is 205 g/mol. The molecular formula is C11H15N3O. The van der Waals surface area contributed by atoms with Crippen LogP contribution in [0.3, 0.4) is 0 Å². The third kappa shape index (κ3) is 1.88. The Kier molecular flexibility index (Phi) is 2.49. The molecule has 1 saturated heterocycles. The minimum atomic E-state index is -0.464. The highest BCUT2D eigenvalue weighted by Gasteiger charge is 2.14. The predicted octanol–water partition coefficient (Wildman–Crippen LogP) is 0.968. The van der Waals surface area contributed by atoms with Crippen LogP contribution in [0.4, 0.5) is 11.4 Å². The fourth-order valence-electron chi connectivity index (χ4n) is 1.93. The molecule has 0 bridgehead atoms. The first-order valence-corrected chi connectivity index (χ1v) is 5.13. The van der Waals surface area contributed by atoms with E-state index in [-0.39, 0.29) is 0 Å². The van der Waals surface area contributed by atoms with Crippen LogP contribution < -0.4 is 16.4 Å². The zero-order valence-corrected chi connectivity index (χ0v) is 8.57. The van der Waals surface area contributed by atoms with Gasteiger partial charge in [-0.1, -0.05) is 0 Å². The zero-order valence-electron chi connectivity index (χ0n) is 8.57. The predicted molar refractivity (Wildman–Crippen MR) is 60.8 cm³/mol. The summed E-state index contributed by atoms with van der Waals surface area (Å²) in [5.74, 6) is -0.464. The maximum absolute atomic E-state index is 11.1. The Morgan fingerprint density at radius 1 is 1.27 bits per heavy atom. The van der Waals surface area contributed by atoms with Crippen molar-refractivity contribution in [3.8, 4) is 0 Å². The topological polar surface area (TPSA) is 72.4 Å². The first-order valence-electron chi connectivity index (χ1n) is 5.13. The van der Waals surface area contributed by atoms with Crippen molar-refractivity contribution in [2.75, 3.05) is 23.7 Å². The number of hydrogen-bond acceptors (Lipinski definition) is 3. The number of hydrogen-bond donors (Lipinski definition) is 2. The molecule has 4 nitrogen and oxygen atoms in total. The van der Waals surface area contributed by atoms with E-state index in [1.807, 2.05) is 6.07 Å². The molecule has 0 radical (unpaired) electrons. The molecule has 0 atom stereocenters. The lowest BCUT2D eigenvalue weighted by atomic mass is 10.1. The Bertz CT molecular complexity index is 383. The van der Waals surface area contributed by atoms with E-state index in [0.29, 0.717) is 11.3 Å². The smallest absolute Gasteiger partial charge is 0.250 e. The van der Waals surface area contributed by atoms with Gasteiger partial charge in [-0.25, -0.2) is 0 Å². The molecule has 0 unspecified atom stereocenters. The fourth-order valence-corrected chi connectivity index (χ4v) is 1.93. The maximum atomic E-state index is 11.1. The molecule has 0 aliphatic carbocycles. The van der Waals surface area contributed by atoms with Gasteiger partial charge in [-0.05, 0) is 31.0 Å². The number of nitrogens with zero attached hydrogens (tertiary/aromatic N) is 1. The Labute approximate surface area is 88.9 Å². The number of anilines is 2. The van der Waals surface area contributed by atoms with Crippen LogP contribution in [0.5, 0.6) is 0 Å². The molecule has 1 aromatic carbocycles. The normalized spacial score (nSPS) is 15.6. The van der Waals surface area contributed by atoms with Gasteiger partial charge in [0.1, 0.15) is 0 Å². The summed E-state index contributed by atoms with van der Waals surface area (Å²) in [5.41, 5.74) is 12.8. The molecule has 0 spiro atoms. The average Bonchev–Trinajstić information content (AvgIpc) is 2.71. The molecule has 15 heavy (non-hydrogen) atoms. The van der Waals surface area contributed by atoms with Crippen molar-refractivity contribution in [2.45, 2.75) is 12.8 Å². The maximum Gasteiger partial charge on any atom is 0.250 e. The fraction of sp³-hybridized carbons (Fsp3) is 0.364. The van der Waals surface area contributed by atoms with Crippen molar-refractivity contribution in [1.82, 2.24) is 0 Å². The van der Waals surface area contributed by atoms with Gasteiger partial charge >= 0.3 is 0 Å². The van der Waals surface area contributed by atoms with Crippen LogP contribution in [-0.4, -0.2) is 19.0 Å². The molecule has 0 saturated carbocycles. The van der Waals surface area contributed by atoms with Crippen LogP contribution in [0.15, 0.2) is 18.2 Å². The van der Waals surface area contributed by atoms with Gasteiger partial charge in [-0.3, -0.25) is 4.79 Å². The van der Waals surface area contributed by atoms with E-state index in [1.54, 1.807) is 12.1 Å². The van der Waals surface area contributed by atoms with Crippen LogP contribution in [-0.2, 0) is 0 Å². The third-order valence-corrected chi connectivity index (χ3v) is 2.77. The molecule has 0 aromatic heterocycles. The Balaban J connectivity index is 2.33. The van der Waals surface area contributed by atoms with Gasteiger partial charge in [0.15, 0.2) is 0 Å². The summed E-state index contributed by atoms with van der Waals surface area (Å²) < 4.78 is 0. The van der Waals surface area contributed by atoms with Crippen molar-refractivity contribution in [2.24, 2.45) is 5.73 Å². The van der Waals surface area contributed by atoms with E-state index in [4.69, 9.17) is 11.5 Å². The minimum Gasteiger partial charge on any atom is -0.398 e. The first kappa shape index (κ1) is 9.83. The van der Waals surface area contributed by atoms with E-state index in [2.05, 4.69) is 4.90 Å². The van der Waals surface area contributed by atoms with Gasteiger partial charge in [0.25, 0.3) is 5.91 Å². The summed E-state index contributed by atoms with van der Waals surface area (Å²) in [7, 11) is 0. The summed E-state index contributed by atoms with van der Waals surface area (Å²) in [6.07, 6.45) is 2.41. The van der Waals surface area contributed by atoms with Crippen LogP contribution in [0.25, 0.3) is 0 Å². The Morgan fingerprint density at radius 3 is 2.53 bits per heavy atom. The SMILES string of the molecule is NC(=O)c1cc(N2CCCC2)ccc1N. The second kappa shape index (κ2) is 3.81. The quantitative estimate of drug-likeness (QED) is 0.706. The zero-order chi connectivity index (χ0) is 10.8. The number of carbonyl (C=O) groups is 1. The van der Waals surface area contributed by atoms with E-state index in [9.17, 15) is 4.79 Å². The molecule has 80 valence electrons. The van der Waals surface area contributed by atoms with E-state index >= 15 is 0 Å². The van der Waals surface area contributed by atoms with Crippen LogP contribution in [0.1, 0.15) is 23.2 Å². The molecule has 1 amide bonds. The Morgan fingerprint density at radius 2 is 1.93 bits per heavy atom. The van der Waals surface area contributed by atoms with Crippen LogP contribution in [0.2, 0.25) is 0 Å². The summed E-state index contributed by atoms with van der Waals surface area (Å²) in [4.78, 5) is 13.4. The van der Waals surface area contributed by atoms with Gasteiger partial charge in [-0.2, -0.15) is 0 Å². The lowest BCUT2D eigenvalue weighted by Gasteiger charge is -2.18. The highest BCUT2D eigenvalue weighted by Crippen LogP contribution is 2.24. The number of rotatable bonds is 2. The van der Waals surface area contributed by atoms with Gasteiger partial charge < -0.3 is 16.4 Å². The molecule has 1 heterocycles. The van der Waals surface area contributed by atoms with Crippen LogP contribution >= 0.6 is 0 Å². The van der Waals surface area contributed by atoms with Crippen molar-refractivity contribution in [3.63, 3.8) is 0 Å². The molecule has 1 aliphatic heterocycles. The van der Waals surface area contributed by atoms with Gasteiger partial charge in [0.2, 0.25) is 0 Å². The Hall–Kier alpha value is -1.71. The number of carbonyl (C=O) groups excluding carboxylic acids is 1. The molecule has 1 aliphatic rings. The molecule has 1 aromatic rings. The van der Waals surface area contributed by atoms with Crippen molar-refractivity contribution in [3.05, 3.63) is 23.8 Å². The second-order valence-electron chi connectivity index (χ2n) is 3.83. The summed E-state index contributed by atoms with van der Waals surface area (Å²) in [6.45, 7) is 2.09. The largest absolute Gasteiger partial charge is 0.398 e. The molecule has 4 N–H and O–H groups in total. The number of primary amides is 1. The number of nitrogen functional groups attached to an aromatic ring is 1. The second-order valence-corrected chi connectivity index (χ2v) is 3.83. The average molecular weight is 205 g/mol. The number of amides is 1. The number of benzene rings is 1. The van der Waals surface area contributed by atoms with Crippen molar-refractivity contribution in [1.29, 1.82) is 0 Å². The number of nitrogens with two attached hydrogens (primary N) is 2. The van der Waals surface area contributed by atoms with E-state index in [0.717, 1.165) is 18.8 Å². The molecule has 1 fully saturated rings. The lowest BCUT2D eigenvalue weighted by molar-refractivity contribution is 0.100. The summed E-state index contributed by atoms with van der Waals surface area (Å²) >= 11 is 0. The van der Waals surface area contributed by atoms with Crippen molar-refractivity contribution >= 4 is 17.3 Å². The van der Waals surface area contributed by atoms with E-state index in [1.165, 1.54) is 12.8 Å². The third-order valence-electron chi connectivity index (χ3n) is 2.77. The first-order chi connectivity index (χ1) is 7.18. The van der Waals surface area contributed by atoms with E-state index < -0.39 is 5.91 Å². The molecule has 2 rings (SSSR count). The molecular weight excluding hydrogens is 190 g/mol. The summed E-state index contributed by atoms with van der Waals surface area (Å²) in [5, 5.41) is 0. The van der Waals surface area contributed by atoms with Gasteiger partial charge in [-0.15, -0.1) is 0 Å². The lowest BCUT2D eigenvalue weighted by Crippen LogP contribution is -2.19. The summed E-state index contributed by atoms with van der Waals surface area (Å²) in [6, 6.07) is 5.46. The highest BCUT2D eigenvalue weighted by molar-refractivity contribution is 5.99.